The van der Waals surface area contributed by atoms with Crippen molar-refractivity contribution in [1.29, 1.82) is 0 Å². The topological polar surface area (TPSA) is 114 Å². The van der Waals surface area contributed by atoms with Crippen LogP contribution in [-0.4, -0.2) is 36.1 Å². The van der Waals surface area contributed by atoms with Crippen molar-refractivity contribution in [2.45, 2.75) is 42.5 Å². The summed E-state index contributed by atoms with van der Waals surface area (Å²) in [6.45, 7) is 2.41. The van der Waals surface area contributed by atoms with Crippen molar-refractivity contribution in [2.24, 2.45) is 5.14 Å². The van der Waals surface area contributed by atoms with Crippen molar-refractivity contribution in [3.8, 4) is 0 Å². The molecule has 0 atom stereocenters. The molecule has 5 rings (SSSR count). The molecule has 3 aromatic rings. The lowest BCUT2D eigenvalue weighted by Gasteiger charge is -2.34. The Balaban J connectivity index is 0.00000144. The molecule has 1 aromatic carbocycles. The third-order valence-corrected chi connectivity index (χ3v) is 7.48. The van der Waals surface area contributed by atoms with E-state index in [0.717, 1.165) is 55.8 Å². The molecule has 1 aliphatic carbocycles. The molecule has 32 heavy (non-hydrogen) atoms. The molecule has 4 N–H and O–H groups in total. The maximum Gasteiger partial charge on any atom is 0.238 e. The highest BCUT2D eigenvalue weighted by molar-refractivity contribution is 7.89. The van der Waals surface area contributed by atoms with Gasteiger partial charge in [-0.15, -0.1) is 24.8 Å². The summed E-state index contributed by atoms with van der Waals surface area (Å²) in [7, 11) is -3.75. The van der Waals surface area contributed by atoms with Crippen molar-refractivity contribution in [3.63, 3.8) is 0 Å². The van der Waals surface area contributed by atoms with E-state index in [1.807, 2.05) is 6.07 Å². The number of rotatable bonds is 4. The van der Waals surface area contributed by atoms with Gasteiger partial charge in [0, 0.05) is 17.5 Å². The molecule has 0 unspecified atom stereocenters. The largest absolute Gasteiger partial charge is 0.366 e. The number of fused-ring (bicyclic) bond motifs is 3. The number of nitrogens with two attached hydrogens (primary N) is 1. The van der Waals surface area contributed by atoms with Crippen LogP contribution in [0.2, 0.25) is 5.02 Å². The minimum Gasteiger partial charge on any atom is -0.366 e. The van der Waals surface area contributed by atoms with Gasteiger partial charge in [0.15, 0.2) is 5.65 Å². The molecular weight excluding hydrogens is 495 g/mol. The van der Waals surface area contributed by atoms with E-state index < -0.39 is 10.0 Å². The van der Waals surface area contributed by atoms with Gasteiger partial charge in [-0.3, -0.25) is 0 Å². The Morgan fingerprint density at radius 2 is 1.97 bits per heavy atom. The van der Waals surface area contributed by atoms with E-state index in [9.17, 15) is 8.42 Å². The van der Waals surface area contributed by atoms with Crippen LogP contribution in [0.25, 0.3) is 5.65 Å². The summed E-state index contributed by atoms with van der Waals surface area (Å²) >= 11 is 6.40. The first-order chi connectivity index (χ1) is 14.4. The second-order valence-corrected chi connectivity index (χ2v) is 10.1. The van der Waals surface area contributed by atoms with Gasteiger partial charge in [-0.1, -0.05) is 23.7 Å². The van der Waals surface area contributed by atoms with Gasteiger partial charge in [-0.2, -0.15) is 9.61 Å². The molecule has 0 saturated carbocycles. The quantitative estimate of drug-likeness (QED) is 0.488. The Morgan fingerprint density at radius 3 is 2.69 bits per heavy atom. The number of primary sulfonamides is 1. The van der Waals surface area contributed by atoms with Crippen molar-refractivity contribution in [2.75, 3.05) is 18.4 Å². The van der Waals surface area contributed by atoms with Gasteiger partial charge in [0.25, 0.3) is 0 Å². The lowest BCUT2D eigenvalue weighted by atomic mass is 9.77. The summed E-state index contributed by atoms with van der Waals surface area (Å²) in [4.78, 5) is 5.06. The predicted molar refractivity (Wildman–Crippen MR) is 130 cm³/mol. The molecule has 1 aliphatic heterocycles. The maximum absolute atomic E-state index is 11.7. The molecule has 0 amide bonds. The number of aromatic nitrogens is 3. The van der Waals surface area contributed by atoms with Gasteiger partial charge in [0.2, 0.25) is 10.0 Å². The molecule has 0 radical (unpaired) electrons. The Kier molecular flexibility index (Phi) is 7.29. The van der Waals surface area contributed by atoms with Crippen LogP contribution in [0.15, 0.2) is 35.4 Å². The zero-order chi connectivity index (χ0) is 20.9. The van der Waals surface area contributed by atoms with Crippen LogP contribution in [0, 0.1) is 0 Å². The van der Waals surface area contributed by atoms with E-state index in [4.69, 9.17) is 21.7 Å². The van der Waals surface area contributed by atoms with E-state index >= 15 is 0 Å². The van der Waals surface area contributed by atoms with Gasteiger partial charge in [-0.05, 0) is 56.5 Å². The first-order valence-corrected chi connectivity index (χ1v) is 11.9. The maximum atomic E-state index is 11.7. The Labute approximate surface area is 204 Å². The lowest BCUT2D eigenvalue weighted by molar-refractivity contribution is 0.301. The molecule has 2 aromatic heterocycles. The molecule has 1 saturated heterocycles. The molecule has 3 heterocycles. The first-order valence-electron chi connectivity index (χ1n) is 10.0. The van der Waals surface area contributed by atoms with Gasteiger partial charge < -0.3 is 10.6 Å². The molecule has 0 bridgehead atoms. The predicted octanol–water partition coefficient (Wildman–Crippen LogP) is 3.05. The van der Waals surface area contributed by atoms with Crippen LogP contribution < -0.4 is 15.8 Å². The molecular formula is C20H25Cl3N6O2S. The van der Waals surface area contributed by atoms with Crippen molar-refractivity contribution in [3.05, 3.63) is 52.3 Å². The summed E-state index contributed by atoms with van der Waals surface area (Å²) in [5.41, 5.74) is 3.84. The average Bonchev–Trinajstić information content (AvgIpc) is 3.27. The van der Waals surface area contributed by atoms with Gasteiger partial charge in [0.05, 0.1) is 16.8 Å². The van der Waals surface area contributed by atoms with Crippen LogP contribution in [-0.2, 0) is 28.4 Å². The number of halogens is 3. The monoisotopic (exact) mass is 518 g/mol. The minimum atomic E-state index is -3.75. The van der Waals surface area contributed by atoms with E-state index in [2.05, 4.69) is 15.7 Å². The Morgan fingerprint density at radius 1 is 1.22 bits per heavy atom. The smallest absolute Gasteiger partial charge is 0.238 e. The second kappa shape index (κ2) is 9.32. The first kappa shape index (κ1) is 25.0. The number of nitrogens with zero attached hydrogens (tertiary/aromatic N) is 3. The van der Waals surface area contributed by atoms with Crippen molar-refractivity contribution >= 4 is 57.9 Å². The normalized spacial score (nSPS) is 16.9. The third kappa shape index (κ3) is 4.30. The summed E-state index contributed by atoms with van der Waals surface area (Å²) in [6, 6.07) is 6.64. The van der Waals surface area contributed by atoms with E-state index in [0.29, 0.717) is 17.2 Å². The van der Waals surface area contributed by atoms with Crippen LogP contribution in [0.1, 0.15) is 36.1 Å². The van der Waals surface area contributed by atoms with Crippen LogP contribution >= 0.6 is 36.4 Å². The van der Waals surface area contributed by atoms with Gasteiger partial charge in [-0.25, -0.2) is 18.5 Å². The fourth-order valence-electron chi connectivity index (χ4n) is 4.75. The number of nitrogens with one attached hydrogen (secondary N) is 2. The number of hydrogen-bond acceptors (Lipinski definition) is 6. The number of benzene rings is 1. The van der Waals surface area contributed by atoms with Gasteiger partial charge in [0.1, 0.15) is 10.8 Å². The summed E-state index contributed by atoms with van der Waals surface area (Å²) in [5.74, 6) is 0.873. The van der Waals surface area contributed by atoms with E-state index in [-0.39, 0.29) is 35.1 Å². The molecule has 1 spiro atoms. The molecule has 2 aliphatic rings. The fraction of sp³-hybridized carbons (Fsp3) is 0.400. The van der Waals surface area contributed by atoms with Crippen LogP contribution in [0.4, 0.5) is 5.82 Å². The zero-order valence-corrected chi connectivity index (χ0v) is 20.4. The minimum absolute atomic E-state index is 0. The second-order valence-electron chi connectivity index (χ2n) is 8.09. The Bertz CT molecular complexity index is 1240. The van der Waals surface area contributed by atoms with Gasteiger partial charge >= 0.3 is 0 Å². The van der Waals surface area contributed by atoms with E-state index in [1.54, 1.807) is 22.8 Å². The summed E-state index contributed by atoms with van der Waals surface area (Å²) in [5, 5.41) is 17.1. The molecule has 174 valence electrons. The third-order valence-electron chi connectivity index (χ3n) is 6.31. The lowest BCUT2D eigenvalue weighted by Crippen LogP contribution is -2.39. The molecule has 12 heteroatoms. The zero-order valence-electron chi connectivity index (χ0n) is 17.2. The van der Waals surface area contributed by atoms with Crippen molar-refractivity contribution < 1.29 is 8.42 Å². The standard InChI is InChI=1S/C20H23ClN6O2S.2ClH/c21-16-12-25-27-18(24-11-13-2-1-3-14(10-13)30(22,28)29)15-4-5-20(6-8-23-9-7-20)17(15)26-19(16)27;;/h1-3,10,12,23-24H,4-9,11H2,(H2,22,28,29);2*1H. The highest BCUT2D eigenvalue weighted by atomic mass is 35.5. The fourth-order valence-corrected chi connectivity index (χ4v) is 5.50. The SMILES string of the molecule is Cl.Cl.NS(=O)(=O)c1cccc(CNc2c3c(nc4c(Cl)cnn24)C2(CCNCC2)CC3)c1. The van der Waals surface area contributed by atoms with Crippen molar-refractivity contribution in [1.82, 2.24) is 19.9 Å². The van der Waals surface area contributed by atoms with Crippen LogP contribution in [0.3, 0.4) is 0 Å². The van der Waals surface area contributed by atoms with Crippen LogP contribution in [0.5, 0.6) is 0 Å². The number of hydrogen-bond donors (Lipinski definition) is 3. The average molecular weight is 520 g/mol. The number of sulfonamides is 1. The highest BCUT2D eigenvalue weighted by Gasteiger charge is 2.43. The number of anilines is 1. The summed E-state index contributed by atoms with van der Waals surface area (Å²) in [6.07, 6.45) is 5.73. The summed E-state index contributed by atoms with van der Waals surface area (Å²) < 4.78 is 25.1. The number of piperidine rings is 1. The Hall–Kier alpha value is -1.62. The van der Waals surface area contributed by atoms with E-state index in [1.165, 1.54) is 11.6 Å². The molecule has 8 nitrogen and oxygen atoms in total. The molecule has 1 fully saturated rings. The highest BCUT2D eigenvalue weighted by Crippen LogP contribution is 2.46.